The van der Waals surface area contributed by atoms with Gasteiger partial charge in [-0.3, -0.25) is 4.90 Å². The highest BCUT2D eigenvalue weighted by molar-refractivity contribution is 5.43. The van der Waals surface area contributed by atoms with E-state index in [2.05, 4.69) is 47.4 Å². The fourth-order valence-electron chi connectivity index (χ4n) is 4.50. The van der Waals surface area contributed by atoms with Gasteiger partial charge in [-0.05, 0) is 37.8 Å². The van der Waals surface area contributed by atoms with E-state index in [9.17, 15) is 0 Å². The summed E-state index contributed by atoms with van der Waals surface area (Å²) < 4.78 is 18.9. The Hall–Kier alpha value is -2.04. The van der Waals surface area contributed by atoms with Crippen molar-refractivity contribution in [2.24, 2.45) is 0 Å². The summed E-state index contributed by atoms with van der Waals surface area (Å²) in [6.45, 7) is 2.51. The molecule has 5 rings (SSSR count). The molecule has 3 atom stereocenters. The monoisotopic (exact) mass is 351 g/mol. The van der Waals surface area contributed by atoms with Crippen LogP contribution in [0.1, 0.15) is 49.0 Å². The van der Waals surface area contributed by atoms with E-state index >= 15 is 0 Å². The lowest BCUT2D eigenvalue weighted by Gasteiger charge is -2.28. The third kappa shape index (κ3) is 2.78. The van der Waals surface area contributed by atoms with Gasteiger partial charge in [0.05, 0.1) is 19.3 Å². The maximum atomic E-state index is 6.57. The first kappa shape index (κ1) is 16.2. The minimum atomic E-state index is -0.0272. The van der Waals surface area contributed by atoms with E-state index in [4.69, 9.17) is 14.2 Å². The lowest BCUT2D eigenvalue weighted by molar-refractivity contribution is 0.0162. The van der Waals surface area contributed by atoms with Crippen LogP contribution < -0.4 is 9.47 Å². The summed E-state index contributed by atoms with van der Waals surface area (Å²) in [5.41, 5.74) is 2.39. The number of nitrogens with zero attached hydrogens (tertiary/aromatic N) is 1. The molecule has 4 heteroatoms. The molecule has 0 N–H and O–H groups in total. The molecule has 0 aromatic heterocycles. The molecule has 0 radical (unpaired) electrons. The van der Waals surface area contributed by atoms with Crippen molar-refractivity contribution < 1.29 is 14.2 Å². The second kappa shape index (κ2) is 6.93. The fraction of sp³-hybridized carbons (Fsp3) is 0.455. The molecule has 4 nitrogen and oxygen atoms in total. The summed E-state index contributed by atoms with van der Waals surface area (Å²) in [5.74, 6) is 1.96. The number of rotatable bonds is 0. The Morgan fingerprint density at radius 3 is 2.19 bits per heavy atom. The second-order valence-corrected chi connectivity index (χ2v) is 7.32. The third-order valence-electron chi connectivity index (χ3n) is 5.70. The first-order chi connectivity index (χ1) is 12.9. The van der Waals surface area contributed by atoms with Crippen LogP contribution in [0, 0.1) is 0 Å². The summed E-state index contributed by atoms with van der Waals surface area (Å²) in [5, 5.41) is 0. The average Bonchev–Trinajstić information content (AvgIpc) is 3.25. The van der Waals surface area contributed by atoms with Crippen molar-refractivity contribution in [2.75, 3.05) is 19.8 Å². The Bertz CT molecular complexity index is 777. The molecule has 3 heterocycles. The van der Waals surface area contributed by atoms with Crippen LogP contribution >= 0.6 is 0 Å². The zero-order chi connectivity index (χ0) is 17.3. The van der Waals surface area contributed by atoms with Gasteiger partial charge >= 0.3 is 0 Å². The number of hydrogen-bond donors (Lipinski definition) is 0. The van der Waals surface area contributed by atoms with Crippen LogP contribution in [0.15, 0.2) is 48.5 Å². The molecule has 26 heavy (non-hydrogen) atoms. The molecule has 2 fully saturated rings. The molecule has 0 saturated carbocycles. The first-order valence-electron chi connectivity index (χ1n) is 9.76. The van der Waals surface area contributed by atoms with Gasteiger partial charge in [-0.1, -0.05) is 36.4 Å². The van der Waals surface area contributed by atoms with Gasteiger partial charge in [0, 0.05) is 17.7 Å². The second-order valence-electron chi connectivity index (χ2n) is 7.32. The molecular formula is C22H25NO3. The van der Waals surface area contributed by atoms with Crippen LogP contribution in [-0.2, 0) is 4.74 Å². The Morgan fingerprint density at radius 2 is 1.42 bits per heavy atom. The molecular weight excluding hydrogens is 326 g/mol. The molecule has 0 bridgehead atoms. The quantitative estimate of drug-likeness (QED) is 0.701. The van der Waals surface area contributed by atoms with E-state index in [0.717, 1.165) is 49.5 Å². The predicted octanol–water partition coefficient (Wildman–Crippen LogP) is 4.47. The minimum absolute atomic E-state index is 0.0272. The highest BCUT2D eigenvalue weighted by atomic mass is 16.5. The van der Waals surface area contributed by atoms with E-state index in [1.54, 1.807) is 0 Å². The lowest BCUT2D eigenvalue weighted by atomic mass is 9.94. The molecule has 2 aromatic rings. The molecule has 3 aliphatic rings. The van der Waals surface area contributed by atoms with Crippen molar-refractivity contribution in [3.05, 3.63) is 59.7 Å². The normalized spacial score (nSPS) is 28.4. The molecule has 0 amide bonds. The predicted molar refractivity (Wildman–Crippen MR) is 99.4 cm³/mol. The Kier molecular flexibility index (Phi) is 4.31. The summed E-state index contributed by atoms with van der Waals surface area (Å²) in [6, 6.07) is 17.0. The van der Waals surface area contributed by atoms with E-state index in [0.29, 0.717) is 6.61 Å². The first-order valence-corrected chi connectivity index (χ1v) is 9.76. The van der Waals surface area contributed by atoms with E-state index in [1.807, 2.05) is 6.07 Å². The molecule has 136 valence electrons. The van der Waals surface area contributed by atoms with Gasteiger partial charge in [0.1, 0.15) is 23.8 Å². The van der Waals surface area contributed by atoms with E-state index in [-0.39, 0.29) is 18.4 Å². The summed E-state index contributed by atoms with van der Waals surface area (Å²) in [7, 11) is 0. The number of benzene rings is 2. The van der Waals surface area contributed by atoms with Crippen molar-refractivity contribution in [1.29, 1.82) is 0 Å². The smallest absolute Gasteiger partial charge is 0.125 e. The zero-order valence-electron chi connectivity index (χ0n) is 15.0. The molecule has 0 spiro atoms. The summed E-state index contributed by atoms with van der Waals surface area (Å²) >= 11 is 0. The van der Waals surface area contributed by atoms with Crippen LogP contribution in [-0.4, -0.2) is 30.9 Å². The van der Waals surface area contributed by atoms with E-state index in [1.165, 1.54) is 12.0 Å². The average molecular weight is 351 g/mol. The highest BCUT2D eigenvalue weighted by Gasteiger charge is 2.47. The molecule has 3 aliphatic heterocycles. The van der Waals surface area contributed by atoms with Crippen molar-refractivity contribution in [1.82, 2.24) is 4.90 Å². The van der Waals surface area contributed by atoms with Crippen LogP contribution in [0.25, 0.3) is 0 Å². The van der Waals surface area contributed by atoms with Crippen molar-refractivity contribution in [2.45, 2.75) is 44.1 Å². The van der Waals surface area contributed by atoms with Crippen LogP contribution in [0.2, 0.25) is 0 Å². The lowest BCUT2D eigenvalue weighted by Crippen LogP contribution is -2.27. The molecule has 0 aliphatic carbocycles. The maximum Gasteiger partial charge on any atom is 0.125 e. The van der Waals surface area contributed by atoms with Crippen molar-refractivity contribution in [3.8, 4) is 11.5 Å². The van der Waals surface area contributed by atoms with Crippen molar-refractivity contribution in [3.63, 3.8) is 0 Å². The Labute approximate surface area is 154 Å². The van der Waals surface area contributed by atoms with Gasteiger partial charge in [-0.15, -0.1) is 0 Å². The SMILES string of the molecule is c1ccc2c(c1)OCCCCOc1ccccc1[C@H]1[C@@H]2O[C@@H]2CCCN21. The van der Waals surface area contributed by atoms with Gasteiger partial charge in [-0.2, -0.15) is 0 Å². The van der Waals surface area contributed by atoms with Gasteiger partial charge < -0.3 is 14.2 Å². The Morgan fingerprint density at radius 1 is 0.769 bits per heavy atom. The van der Waals surface area contributed by atoms with Gasteiger partial charge in [0.2, 0.25) is 0 Å². The zero-order valence-corrected chi connectivity index (χ0v) is 15.0. The van der Waals surface area contributed by atoms with Crippen LogP contribution in [0.3, 0.4) is 0 Å². The van der Waals surface area contributed by atoms with E-state index < -0.39 is 0 Å². The number of ether oxygens (including phenoxy) is 3. The largest absolute Gasteiger partial charge is 0.493 e. The fourth-order valence-corrected chi connectivity index (χ4v) is 4.50. The number of fused-ring (bicyclic) bond motifs is 7. The summed E-state index contributed by atoms with van der Waals surface area (Å²) in [4.78, 5) is 2.51. The molecule has 0 unspecified atom stereocenters. The highest BCUT2D eigenvalue weighted by Crippen LogP contribution is 2.51. The summed E-state index contributed by atoms with van der Waals surface area (Å²) in [6.07, 6.45) is 4.43. The molecule has 2 aromatic carbocycles. The number of para-hydroxylation sites is 2. The van der Waals surface area contributed by atoms with Crippen molar-refractivity contribution >= 4 is 0 Å². The topological polar surface area (TPSA) is 30.9 Å². The Balaban J connectivity index is 1.63. The maximum absolute atomic E-state index is 6.57. The van der Waals surface area contributed by atoms with Gasteiger partial charge in [-0.25, -0.2) is 0 Å². The minimum Gasteiger partial charge on any atom is -0.493 e. The number of hydrogen-bond acceptors (Lipinski definition) is 4. The van der Waals surface area contributed by atoms with Crippen LogP contribution in [0.5, 0.6) is 11.5 Å². The third-order valence-corrected chi connectivity index (χ3v) is 5.70. The van der Waals surface area contributed by atoms with Gasteiger partial charge in [0.25, 0.3) is 0 Å². The molecule has 2 saturated heterocycles. The standard InChI is InChI=1S/C22H25NO3/c1-3-10-18-16(8-1)21-22(26-20-12-7-13-23(20)21)17-9-2-4-11-19(17)25-15-6-5-14-24-18/h1-4,8-11,20-22H,5-7,12-15H2/t20-,21+,22-/m1/s1. The van der Waals surface area contributed by atoms with Crippen LogP contribution in [0.4, 0.5) is 0 Å². The van der Waals surface area contributed by atoms with Gasteiger partial charge in [0.15, 0.2) is 0 Å².